The Hall–Kier alpha value is -1.35. The zero-order chi connectivity index (χ0) is 13.8. The second kappa shape index (κ2) is 6.20. The Bertz CT molecular complexity index is 551. The van der Waals surface area contributed by atoms with Crippen LogP contribution in [0.25, 0.3) is 0 Å². The fourth-order valence-corrected chi connectivity index (χ4v) is 2.29. The third-order valence-electron chi connectivity index (χ3n) is 3.03. The second-order valence-corrected chi connectivity index (χ2v) is 5.69. The summed E-state index contributed by atoms with van der Waals surface area (Å²) in [5.74, 6) is -0.187. The van der Waals surface area contributed by atoms with Gasteiger partial charge in [0.05, 0.1) is 0 Å². The van der Waals surface area contributed by atoms with Crippen molar-refractivity contribution in [2.75, 3.05) is 5.32 Å². The monoisotopic (exact) mass is 321 g/mol. The van der Waals surface area contributed by atoms with Gasteiger partial charge in [0.25, 0.3) is 0 Å². The van der Waals surface area contributed by atoms with Crippen LogP contribution in [0.5, 0.6) is 0 Å². The van der Waals surface area contributed by atoms with Crippen molar-refractivity contribution < 1.29 is 4.39 Å². The smallest absolute Gasteiger partial charge is 0.123 e. The van der Waals surface area contributed by atoms with E-state index in [4.69, 9.17) is 0 Å². The maximum absolute atomic E-state index is 12.8. The normalized spacial score (nSPS) is 12.2. The standard InChI is InChI=1S/C16H17BrFN/c1-11-9-15(7-8-16(11)17)19-12(2)10-13-3-5-14(18)6-4-13/h3-9,12,19H,10H2,1-2H3. The molecule has 0 fully saturated rings. The van der Waals surface area contributed by atoms with E-state index >= 15 is 0 Å². The highest BCUT2D eigenvalue weighted by Crippen LogP contribution is 2.21. The molecule has 0 radical (unpaired) electrons. The van der Waals surface area contributed by atoms with Crippen molar-refractivity contribution in [2.24, 2.45) is 0 Å². The Morgan fingerprint density at radius 3 is 2.47 bits per heavy atom. The molecule has 0 aliphatic heterocycles. The molecule has 19 heavy (non-hydrogen) atoms. The molecule has 100 valence electrons. The molecule has 3 heteroatoms. The minimum atomic E-state index is -0.187. The molecule has 0 heterocycles. The van der Waals surface area contributed by atoms with Crippen LogP contribution in [0.4, 0.5) is 10.1 Å². The maximum atomic E-state index is 12.8. The number of rotatable bonds is 4. The summed E-state index contributed by atoms with van der Waals surface area (Å²) in [6, 6.07) is 13.2. The number of anilines is 1. The lowest BCUT2D eigenvalue weighted by Gasteiger charge is -2.16. The van der Waals surface area contributed by atoms with Crippen LogP contribution in [0.15, 0.2) is 46.9 Å². The minimum Gasteiger partial charge on any atom is -0.382 e. The molecule has 1 atom stereocenters. The van der Waals surface area contributed by atoms with Crippen LogP contribution in [-0.2, 0) is 6.42 Å². The predicted octanol–water partition coefficient (Wildman–Crippen LogP) is 4.94. The summed E-state index contributed by atoms with van der Waals surface area (Å²) in [6.07, 6.45) is 0.870. The molecule has 0 saturated heterocycles. The molecule has 0 saturated carbocycles. The molecule has 1 nitrogen and oxygen atoms in total. The van der Waals surface area contributed by atoms with Gasteiger partial charge in [-0.3, -0.25) is 0 Å². The summed E-state index contributed by atoms with van der Waals surface area (Å²) in [5.41, 5.74) is 3.45. The van der Waals surface area contributed by atoms with Crippen molar-refractivity contribution in [3.8, 4) is 0 Å². The maximum Gasteiger partial charge on any atom is 0.123 e. The first-order chi connectivity index (χ1) is 9.04. The molecule has 2 aromatic rings. The van der Waals surface area contributed by atoms with Crippen molar-refractivity contribution in [3.05, 3.63) is 63.9 Å². The van der Waals surface area contributed by atoms with Crippen molar-refractivity contribution in [1.82, 2.24) is 0 Å². The average molecular weight is 322 g/mol. The number of halogens is 2. The van der Waals surface area contributed by atoms with Gasteiger partial charge in [0.1, 0.15) is 5.82 Å². The van der Waals surface area contributed by atoms with Gasteiger partial charge in [-0.2, -0.15) is 0 Å². The highest BCUT2D eigenvalue weighted by molar-refractivity contribution is 9.10. The molecule has 0 amide bonds. The summed E-state index contributed by atoms with van der Waals surface area (Å²) in [4.78, 5) is 0. The molecule has 0 spiro atoms. The van der Waals surface area contributed by atoms with Crippen LogP contribution in [0, 0.1) is 12.7 Å². The Morgan fingerprint density at radius 2 is 1.84 bits per heavy atom. The van der Waals surface area contributed by atoms with Crippen LogP contribution < -0.4 is 5.32 Å². The van der Waals surface area contributed by atoms with Crippen molar-refractivity contribution in [3.63, 3.8) is 0 Å². The Kier molecular flexibility index (Phi) is 4.59. The summed E-state index contributed by atoms with van der Waals surface area (Å²) >= 11 is 3.49. The second-order valence-electron chi connectivity index (χ2n) is 4.84. The summed E-state index contributed by atoms with van der Waals surface area (Å²) in [6.45, 7) is 4.20. The number of hydrogen-bond donors (Lipinski definition) is 1. The zero-order valence-electron chi connectivity index (χ0n) is 11.1. The van der Waals surface area contributed by atoms with Crippen molar-refractivity contribution in [2.45, 2.75) is 26.3 Å². The summed E-state index contributed by atoms with van der Waals surface area (Å²) < 4.78 is 13.9. The predicted molar refractivity (Wildman–Crippen MR) is 82.1 cm³/mol. The van der Waals surface area contributed by atoms with Gasteiger partial charge in [-0.1, -0.05) is 28.1 Å². The average Bonchev–Trinajstić information content (AvgIpc) is 2.37. The lowest BCUT2D eigenvalue weighted by Crippen LogP contribution is -2.18. The van der Waals surface area contributed by atoms with Crippen molar-refractivity contribution >= 4 is 21.6 Å². The quantitative estimate of drug-likeness (QED) is 0.841. The van der Waals surface area contributed by atoms with Gasteiger partial charge in [0.15, 0.2) is 0 Å². The van der Waals surface area contributed by atoms with Gasteiger partial charge < -0.3 is 5.32 Å². The third-order valence-corrected chi connectivity index (χ3v) is 3.92. The largest absolute Gasteiger partial charge is 0.382 e. The first kappa shape index (κ1) is 14.1. The SMILES string of the molecule is Cc1cc(NC(C)Cc2ccc(F)cc2)ccc1Br. The van der Waals surface area contributed by atoms with E-state index in [1.807, 2.05) is 18.2 Å². The highest BCUT2D eigenvalue weighted by Gasteiger charge is 2.05. The topological polar surface area (TPSA) is 12.0 Å². The fraction of sp³-hybridized carbons (Fsp3) is 0.250. The molecule has 0 aliphatic carbocycles. The van der Waals surface area contributed by atoms with E-state index in [0.29, 0.717) is 6.04 Å². The summed E-state index contributed by atoms with van der Waals surface area (Å²) in [7, 11) is 0. The van der Waals surface area contributed by atoms with Crippen LogP contribution in [-0.4, -0.2) is 6.04 Å². The van der Waals surface area contributed by atoms with Gasteiger partial charge in [0, 0.05) is 16.2 Å². The Labute approximate surface area is 122 Å². The van der Waals surface area contributed by atoms with Crippen LogP contribution >= 0.6 is 15.9 Å². The molecule has 2 aromatic carbocycles. The van der Waals surface area contributed by atoms with E-state index in [9.17, 15) is 4.39 Å². The number of nitrogens with one attached hydrogen (secondary N) is 1. The fourth-order valence-electron chi connectivity index (χ4n) is 2.04. The lowest BCUT2D eigenvalue weighted by molar-refractivity contribution is 0.626. The molecule has 0 bridgehead atoms. The number of benzene rings is 2. The van der Waals surface area contributed by atoms with Crippen LogP contribution in [0.2, 0.25) is 0 Å². The zero-order valence-corrected chi connectivity index (χ0v) is 12.7. The van der Waals surface area contributed by atoms with Crippen LogP contribution in [0.3, 0.4) is 0 Å². The molecular formula is C16H17BrFN. The van der Waals surface area contributed by atoms with Gasteiger partial charge in [-0.05, 0) is 61.7 Å². The first-order valence-corrected chi connectivity index (χ1v) is 7.11. The molecule has 0 aliphatic rings. The third kappa shape index (κ3) is 4.06. The van der Waals surface area contributed by atoms with Crippen molar-refractivity contribution in [1.29, 1.82) is 0 Å². The van der Waals surface area contributed by atoms with E-state index in [1.54, 1.807) is 0 Å². The number of hydrogen-bond acceptors (Lipinski definition) is 1. The molecule has 1 N–H and O–H groups in total. The molecular weight excluding hydrogens is 305 g/mol. The first-order valence-electron chi connectivity index (χ1n) is 6.32. The number of aryl methyl sites for hydroxylation is 1. The van der Waals surface area contributed by atoms with E-state index in [0.717, 1.165) is 22.1 Å². The van der Waals surface area contributed by atoms with E-state index in [-0.39, 0.29) is 5.82 Å². The lowest BCUT2D eigenvalue weighted by atomic mass is 10.1. The highest BCUT2D eigenvalue weighted by atomic mass is 79.9. The van der Waals surface area contributed by atoms with Gasteiger partial charge >= 0.3 is 0 Å². The van der Waals surface area contributed by atoms with Gasteiger partial charge in [0.2, 0.25) is 0 Å². The molecule has 0 aromatic heterocycles. The molecule has 1 unspecified atom stereocenters. The summed E-state index contributed by atoms with van der Waals surface area (Å²) in [5, 5.41) is 3.46. The van der Waals surface area contributed by atoms with Gasteiger partial charge in [-0.25, -0.2) is 4.39 Å². The van der Waals surface area contributed by atoms with E-state index in [1.165, 1.54) is 17.7 Å². The van der Waals surface area contributed by atoms with Crippen LogP contribution in [0.1, 0.15) is 18.1 Å². The van der Waals surface area contributed by atoms with Gasteiger partial charge in [-0.15, -0.1) is 0 Å². The minimum absolute atomic E-state index is 0.187. The van der Waals surface area contributed by atoms with E-state index < -0.39 is 0 Å². The Morgan fingerprint density at radius 1 is 1.16 bits per heavy atom. The van der Waals surface area contributed by atoms with E-state index in [2.05, 4.69) is 47.2 Å². The molecule has 2 rings (SSSR count). The Balaban J connectivity index is 1.98.